The van der Waals surface area contributed by atoms with E-state index in [1.165, 1.54) is 0 Å². The van der Waals surface area contributed by atoms with Gasteiger partial charge in [0.15, 0.2) is 0 Å². The maximum absolute atomic E-state index is 13.4. The van der Waals surface area contributed by atoms with Gasteiger partial charge in [-0.2, -0.15) is 0 Å². The number of H-pyrrole nitrogens is 1. The summed E-state index contributed by atoms with van der Waals surface area (Å²) in [6, 6.07) is 13.2. The summed E-state index contributed by atoms with van der Waals surface area (Å²) < 4.78 is 5.44. The fourth-order valence-electron chi connectivity index (χ4n) is 4.60. The van der Waals surface area contributed by atoms with E-state index < -0.39 is 0 Å². The number of rotatable bonds is 5. The van der Waals surface area contributed by atoms with Crippen molar-refractivity contribution >= 4 is 22.6 Å². The highest BCUT2D eigenvalue weighted by molar-refractivity contribution is 6.08. The Bertz CT molecular complexity index is 1260. The number of piperidine rings is 1. The minimum absolute atomic E-state index is 0.0859. The minimum atomic E-state index is -0.308. The molecule has 0 radical (unpaired) electrons. The molecule has 1 aromatic heterocycles. The molecule has 172 valence electrons. The predicted octanol–water partition coefficient (Wildman–Crippen LogP) is 3.32. The van der Waals surface area contributed by atoms with Crippen molar-refractivity contribution in [3.8, 4) is 5.75 Å². The first kappa shape index (κ1) is 22.6. The van der Waals surface area contributed by atoms with Crippen LogP contribution in [-0.4, -0.2) is 41.9 Å². The number of likely N-dealkylation sites (tertiary alicyclic amines) is 1. The van der Waals surface area contributed by atoms with E-state index >= 15 is 0 Å². The van der Waals surface area contributed by atoms with Crippen molar-refractivity contribution in [2.24, 2.45) is 5.92 Å². The van der Waals surface area contributed by atoms with Crippen LogP contribution in [0.5, 0.6) is 5.75 Å². The monoisotopic (exact) mass is 447 g/mol. The Kier molecular flexibility index (Phi) is 6.49. The molecule has 0 bridgehead atoms. The maximum Gasteiger partial charge on any atom is 0.254 e. The van der Waals surface area contributed by atoms with Crippen molar-refractivity contribution in [2.45, 2.75) is 33.2 Å². The van der Waals surface area contributed by atoms with Gasteiger partial charge in [-0.3, -0.25) is 14.4 Å². The van der Waals surface area contributed by atoms with Crippen LogP contribution in [0.1, 0.15) is 40.0 Å². The Morgan fingerprint density at radius 1 is 1.15 bits per heavy atom. The number of hydrogen-bond donors (Lipinski definition) is 2. The average Bonchev–Trinajstić information content (AvgIpc) is 2.82. The largest absolute Gasteiger partial charge is 0.496 e. The van der Waals surface area contributed by atoms with Crippen molar-refractivity contribution < 1.29 is 14.3 Å². The number of hydrogen-bond acceptors (Lipinski definition) is 4. The molecule has 0 aliphatic carbocycles. The molecule has 33 heavy (non-hydrogen) atoms. The smallest absolute Gasteiger partial charge is 0.254 e. The summed E-state index contributed by atoms with van der Waals surface area (Å²) in [5.41, 5.74) is 2.62. The topological polar surface area (TPSA) is 91.5 Å². The summed E-state index contributed by atoms with van der Waals surface area (Å²) in [5, 5.41) is 4.62. The molecule has 1 fully saturated rings. The molecule has 1 aliphatic heterocycles. The molecule has 1 atom stereocenters. The minimum Gasteiger partial charge on any atom is -0.496 e. The number of aromatic amines is 1. The number of nitrogens with zero attached hydrogens (tertiary/aromatic N) is 1. The second-order valence-corrected chi connectivity index (χ2v) is 8.61. The standard InChI is InChI=1S/C26H29N3O4/c1-16-13-17(2)28-25(31)22(16)14-27-24(30)18-7-6-12-29(15-18)26(32)21-10-11-23(33-3)20-9-5-4-8-19(20)21/h4-5,8-11,13,18H,6-7,12,14-15H2,1-3H3,(H,27,30)(H,28,31). The van der Waals surface area contributed by atoms with Crippen LogP contribution in [-0.2, 0) is 11.3 Å². The van der Waals surface area contributed by atoms with E-state index in [4.69, 9.17) is 4.74 Å². The number of fused-ring (bicyclic) bond motifs is 1. The first-order valence-corrected chi connectivity index (χ1v) is 11.2. The lowest BCUT2D eigenvalue weighted by molar-refractivity contribution is -0.126. The Labute approximate surface area is 192 Å². The molecule has 3 aromatic rings. The van der Waals surface area contributed by atoms with E-state index in [9.17, 15) is 14.4 Å². The first-order chi connectivity index (χ1) is 15.9. The number of aromatic nitrogens is 1. The molecule has 2 heterocycles. The number of amides is 2. The van der Waals surface area contributed by atoms with Gasteiger partial charge in [0.05, 0.1) is 13.0 Å². The van der Waals surface area contributed by atoms with Gasteiger partial charge in [-0.25, -0.2) is 0 Å². The van der Waals surface area contributed by atoms with Crippen molar-refractivity contribution in [3.05, 3.63) is 75.2 Å². The molecule has 0 saturated carbocycles. The highest BCUT2D eigenvalue weighted by Gasteiger charge is 2.29. The van der Waals surface area contributed by atoms with Crippen LogP contribution in [0.4, 0.5) is 0 Å². The molecule has 2 N–H and O–H groups in total. The fraction of sp³-hybridized carbons (Fsp3) is 0.346. The maximum atomic E-state index is 13.4. The zero-order valence-electron chi connectivity index (χ0n) is 19.2. The predicted molar refractivity (Wildman–Crippen MR) is 128 cm³/mol. The second-order valence-electron chi connectivity index (χ2n) is 8.61. The molecule has 7 heteroatoms. The zero-order chi connectivity index (χ0) is 23.5. The van der Waals surface area contributed by atoms with Gasteiger partial charge in [0.2, 0.25) is 5.91 Å². The Balaban J connectivity index is 1.48. The fourth-order valence-corrected chi connectivity index (χ4v) is 4.60. The highest BCUT2D eigenvalue weighted by atomic mass is 16.5. The molecular weight excluding hydrogens is 418 g/mol. The van der Waals surface area contributed by atoms with E-state index in [0.717, 1.165) is 34.2 Å². The van der Waals surface area contributed by atoms with E-state index in [1.54, 1.807) is 18.1 Å². The second kappa shape index (κ2) is 9.48. The lowest BCUT2D eigenvalue weighted by atomic mass is 9.95. The number of nitrogens with one attached hydrogen (secondary N) is 2. The summed E-state index contributed by atoms with van der Waals surface area (Å²) in [6.07, 6.45) is 1.46. The number of carbonyl (C=O) groups excluding carboxylic acids is 2. The number of aryl methyl sites for hydroxylation is 2. The van der Waals surface area contributed by atoms with Gasteiger partial charge < -0.3 is 19.9 Å². The summed E-state index contributed by atoms with van der Waals surface area (Å²) in [6.45, 7) is 4.84. The van der Waals surface area contributed by atoms with Crippen molar-refractivity contribution in [3.63, 3.8) is 0 Å². The van der Waals surface area contributed by atoms with Gasteiger partial charge in [-0.05, 0) is 55.8 Å². The summed E-state index contributed by atoms with van der Waals surface area (Å²) in [5.74, 6) is 0.195. The lowest BCUT2D eigenvalue weighted by Crippen LogP contribution is -2.45. The third kappa shape index (κ3) is 4.62. The van der Waals surface area contributed by atoms with Crippen LogP contribution < -0.4 is 15.6 Å². The number of carbonyl (C=O) groups is 2. The summed E-state index contributed by atoms with van der Waals surface area (Å²) in [7, 11) is 1.61. The number of benzene rings is 2. The van der Waals surface area contributed by atoms with Gasteiger partial charge in [0, 0.05) is 41.8 Å². The van der Waals surface area contributed by atoms with Crippen molar-refractivity contribution in [1.82, 2.24) is 15.2 Å². The lowest BCUT2D eigenvalue weighted by Gasteiger charge is -2.32. The third-order valence-corrected chi connectivity index (χ3v) is 6.35. The molecule has 2 aromatic carbocycles. The Hall–Kier alpha value is -3.61. The number of methoxy groups -OCH3 is 1. The molecule has 1 unspecified atom stereocenters. The molecule has 1 saturated heterocycles. The summed E-state index contributed by atoms with van der Waals surface area (Å²) >= 11 is 0. The Morgan fingerprint density at radius 3 is 2.64 bits per heavy atom. The van der Waals surface area contributed by atoms with Crippen LogP contribution in [0.2, 0.25) is 0 Å². The Morgan fingerprint density at radius 2 is 1.91 bits per heavy atom. The van der Waals surface area contributed by atoms with Gasteiger partial charge in [-0.15, -0.1) is 0 Å². The van der Waals surface area contributed by atoms with Gasteiger partial charge in [0.1, 0.15) is 5.75 Å². The van der Waals surface area contributed by atoms with Crippen LogP contribution in [0.3, 0.4) is 0 Å². The summed E-state index contributed by atoms with van der Waals surface area (Å²) in [4.78, 5) is 43.0. The van der Waals surface area contributed by atoms with Crippen LogP contribution in [0.15, 0.2) is 47.3 Å². The van der Waals surface area contributed by atoms with Gasteiger partial charge in [0.25, 0.3) is 11.5 Å². The van der Waals surface area contributed by atoms with Crippen LogP contribution in [0.25, 0.3) is 10.8 Å². The molecular formula is C26H29N3O4. The molecule has 7 nitrogen and oxygen atoms in total. The molecule has 0 spiro atoms. The average molecular weight is 448 g/mol. The molecule has 2 amide bonds. The number of ether oxygens (including phenoxy) is 1. The van der Waals surface area contributed by atoms with E-state index in [2.05, 4.69) is 10.3 Å². The van der Waals surface area contributed by atoms with E-state index in [0.29, 0.717) is 30.6 Å². The van der Waals surface area contributed by atoms with Crippen LogP contribution >= 0.6 is 0 Å². The highest BCUT2D eigenvalue weighted by Crippen LogP contribution is 2.30. The van der Waals surface area contributed by atoms with E-state index in [-0.39, 0.29) is 29.8 Å². The van der Waals surface area contributed by atoms with Crippen molar-refractivity contribution in [1.29, 1.82) is 0 Å². The SMILES string of the molecule is COc1ccc(C(=O)N2CCCC(C(=O)NCc3c(C)cc(C)[nH]c3=O)C2)c2ccccc12. The van der Waals surface area contributed by atoms with Gasteiger partial charge in [-0.1, -0.05) is 24.3 Å². The normalized spacial score (nSPS) is 16.0. The molecule has 1 aliphatic rings. The zero-order valence-corrected chi connectivity index (χ0v) is 19.2. The van der Waals surface area contributed by atoms with Crippen molar-refractivity contribution in [2.75, 3.05) is 20.2 Å². The molecule has 4 rings (SSSR count). The van der Waals surface area contributed by atoms with Crippen LogP contribution in [0, 0.1) is 19.8 Å². The first-order valence-electron chi connectivity index (χ1n) is 11.2. The van der Waals surface area contributed by atoms with E-state index in [1.807, 2.05) is 50.2 Å². The number of pyridine rings is 1. The van der Waals surface area contributed by atoms with Gasteiger partial charge >= 0.3 is 0 Å². The third-order valence-electron chi connectivity index (χ3n) is 6.35. The quantitative estimate of drug-likeness (QED) is 0.628.